The number of fused-ring (bicyclic) bond motifs is 6. The second-order valence-electron chi connectivity index (χ2n) is 27.3. The van der Waals surface area contributed by atoms with Crippen LogP contribution < -0.4 is 15.3 Å². The van der Waals surface area contributed by atoms with Crippen LogP contribution in [-0.4, -0.2) is 11.5 Å². The lowest BCUT2D eigenvalue weighted by molar-refractivity contribution is 0.0320. The molecule has 2 aromatic rings. The first-order valence-electron chi connectivity index (χ1n) is 25.5. The molecule has 5 aliphatic carbocycles. The second kappa shape index (κ2) is 14.1. The number of rotatable bonds is 2. The van der Waals surface area contributed by atoms with Gasteiger partial charge in [-0.3, -0.25) is 0 Å². The molecule has 0 bridgehead atoms. The largest absolute Gasteiger partial charge is 0.314 e. The minimum Gasteiger partial charge on any atom is -0.314 e. The Morgan fingerprint density at radius 1 is 0.692 bits per heavy atom. The van der Waals surface area contributed by atoms with Crippen molar-refractivity contribution in [1.82, 2.24) is 0 Å². The number of benzene rings is 2. The zero-order valence-corrected chi connectivity index (χ0v) is 44.8. The molecule has 0 amide bonds. The lowest BCUT2D eigenvalue weighted by Crippen LogP contribution is -2.54. The number of aryl methyl sites for hydroxylation is 2. The minimum atomic E-state index is -0.112. The zero-order valence-electron chi connectivity index (χ0n) is 43.9. The molecule has 6 atom stereocenters. The molecule has 344 valence electrons. The van der Waals surface area contributed by atoms with Gasteiger partial charge in [-0.1, -0.05) is 152 Å². The number of allylic oxidation sites excluding steroid dienone is 9. The molecule has 2 aromatic carbocycles. The van der Waals surface area contributed by atoms with Crippen molar-refractivity contribution in [2.24, 2.45) is 56.7 Å². The van der Waals surface area contributed by atoms with Crippen LogP contribution in [0.5, 0.6) is 0 Å². The minimum absolute atomic E-state index is 0.0745. The van der Waals surface area contributed by atoms with E-state index in [4.69, 9.17) is 0 Å². The molecular weight excluding hydrogens is 804 g/mol. The van der Waals surface area contributed by atoms with Crippen molar-refractivity contribution in [3.63, 3.8) is 0 Å². The van der Waals surface area contributed by atoms with E-state index in [0.717, 1.165) is 0 Å². The Morgan fingerprint density at radius 3 is 1.89 bits per heavy atom. The highest BCUT2D eigenvalue weighted by Gasteiger charge is 2.59. The number of hydrogen-bond acceptors (Lipinski definition) is 3. The summed E-state index contributed by atoms with van der Waals surface area (Å²) in [5.41, 5.74) is 21.2. The molecule has 2 fully saturated rings. The normalized spacial score (nSPS) is 31.5. The first-order chi connectivity index (χ1) is 30.0. The van der Waals surface area contributed by atoms with E-state index in [1.165, 1.54) is 81.9 Å². The van der Waals surface area contributed by atoms with E-state index >= 15 is 0 Å². The van der Waals surface area contributed by atoms with Crippen molar-refractivity contribution in [3.05, 3.63) is 128 Å². The summed E-state index contributed by atoms with van der Waals surface area (Å²) in [6, 6.07) is 12.5. The Morgan fingerprint density at radius 2 is 1.29 bits per heavy atom. The quantitative estimate of drug-likeness (QED) is 0.278. The van der Waals surface area contributed by atoms with Gasteiger partial charge in [-0.15, -0.1) is 11.8 Å². The molecule has 0 radical (unpaired) electrons. The van der Waals surface area contributed by atoms with Gasteiger partial charge in [-0.2, -0.15) is 0 Å². The van der Waals surface area contributed by atoms with Crippen LogP contribution in [0.4, 0.5) is 17.1 Å². The van der Waals surface area contributed by atoms with E-state index < -0.39 is 0 Å². The van der Waals surface area contributed by atoms with E-state index in [9.17, 15) is 0 Å². The fourth-order valence-corrected chi connectivity index (χ4v) is 16.0. The van der Waals surface area contributed by atoms with Gasteiger partial charge in [-0.25, -0.2) is 0 Å². The fraction of sp³-hybridized carbons (Fsp3) is 0.574. The van der Waals surface area contributed by atoms with Crippen LogP contribution in [0.1, 0.15) is 160 Å². The number of nitrogens with zero attached hydrogens (tertiary/aromatic N) is 2. The van der Waals surface area contributed by atoms with Gasteiger partial charge in [0.1, 0.15) is 0 Å². The maximum Gasteiger partial charge on any atom is 0.255 e. The summed E-state index contributed by atoms with van der Waals surface area (Å²) < 4.78 is -0.112. The van der Waals surface area contributed by atoms with Crippen molar-refractivity contribution in [1.29, 1.82) is 0 Å². The van der Waals surface area contributed by atoms with Crippen LogP contribution in [0, 0.1) is 70.5 Å². The van der Waals surface area contributed by atoms with Gasteiger partial charge in [0.15, 0.2) is 0 Å². The highest BCUT2D eigenvalue weighted by atomic mass is 32.2. The van der Waals surface area contributed by atoms with Gasteiger partial charge in [-0.05, 0) is 177 Å². The molecule has 0 spiro atoms. The highest BCUT2D eigenvalue weighted by molar-refractivity contribution is 8.07. The van der Waals surface area contributed by atoms with Crippen molar-refractivity contribution in [2.45, 2.75) is 167 Å². The molecular formula is C61H81BN2S. The van der Waals surface area contributed by atoms with Gasteiger partial charge >= 0.3 is 0 Å². The molecule has 2 saturated carbocycles. The zero-order chi connectivity index (χ0) is 47.1. The number of thioether (sulfide) groups is 1. The summed E-state index contributed by atoms with van der Waals surface area (Å²) >= 11 is 2.24. The summed E-state index contributed by atoms with van der Waals surface area (Å²) in [6.45, 7) is 47.3. The molecule has 6 unspecified atom stereocenters. The molecule has 8 aliphatic rings. The third kappa shape index (κ3) is 6.68. The Kier molecular flexibility index (Phi) is 9.86. The number of anilines is 3. The molecule has 10 rings (SSSR count). The van der Waals surface area contributed by atoms with Gasteiger partial charge in [0.2, 0.25) is 0 Å². The van der Waals surface area contributed by atoms with Crippen molar-refractivity contribution >= 4 is 41.0 Å². The molecule has 0 aromatic heterocycles. The third-order valence-corrected chi connectivity index (χ3v) is 20.1. The lowest BCUT2D eigenvalue weighted by Gasteiger charge is -2.54. The van der Waals surface area contributed by atoms with Crippen LogP contribution >= 0.6 is 11.8 Å². The van der Waals surface area contributed by atoms with E-state index in [2.05, 4.69) is 220 Å². The number of hydrogen-bond donors (Lipinski definition) is 0. The highest BCUT2D eigenvalue weighted by Crippen LogP contribution is 2.66. The SMILES string of the molecule is CC1=CC2C(C=C1N1C3=C(SC4(C)C=C5C(=CC34)C(C)(C)CCC5(C)C)B3C4=C(C=CC(C(C)(C)C)C4C)N(c4ccc(C(C)(C)C)cc4C)c4cc(C)cc1c43)C(C)(C)CCC2(C)C. The van der Waals surface area contributed by atoms with Gasteiger partial charge in [0, 0.05) is 44.8 Å². The average molecular weight is 885 g/mol. The van der Waals surface area contributed by atoms with E-state index in [0.29, 0.717) is 23.7 Å². The standard InChI is InChI=1S/C61H81BN2S/c1-35-28-49-52-50(29-35)64(48-33-43-41(31-37(48)3)57(11,12)24-25-59(43,15)16)53-44-32-42-45(60(17,18)27-26-58(42,13)14)34-61(44,19)65-54(53)62(52)51-38(4)40(56(8,9)10)21-23-47(51)63(49)46-22-20-39(30-36(46)2)55(5,6)7/h20-23,28-34,38,40-41,43-44H,24-27H2,1-19H3. The van der Waals surface area contributed by atoms with Gasteiger partial charge < -0.3 is 9.80 Å². The molecule has 0 saturated heterocycles. The molecule has 65 heavy (non-hydrogen) atoms. The van der Waals surface area contributed by atoms with Gasteiger partial charge in [0.05, 0.1) is 0 Å². The molecule has 3 aliphatic heterocycles. The molecule has 2 nitrogen and oxygen atoms in total. The van der Waals surface area contributed by atoms with E-state index in [1.54, 1.807) is 27.1 Å². The van der Waals surface area contributed by atoms with Crippen LogP contribution in [0.2, 0.25) is 0 Å². The first-order valence-corrected chi connectivity index (χ1v) is 26.4. The predicted octanol–water partition coefficient (Wildman–Crippen LogP) is 16.4. The third-order valence-electron chi connectivity index (χ3n) is 18.6. The van der Waals surface area contributed by atoms with Crippen molar-refractivity contribution in [3.8, 4) is 0 Å². The topological polar surface area (TPSA) is 6.48 Å². The fourth-order valence-electron chi connectivity index (χ4n) is 14.3. The smallest absolute Gasteiger partial charge is 0.255 e. The monoisotopic (exact) mass is 885 g/mol. The average Bonchev–Trinajstić information content (AvgIpc) is 3.49. The molecule has 4 heteroatoms. The lowest BCUT2D eigenvalue weighted by atomic mass is 9.33. The summed E-state index contributed by atoms with van der Waals surface area (Å²) in [6.07, 6.45) is 21.3. The van der Waals surface area contributed by atoms with E-state index in [-0.39, 0.29) is 49.9 Å². The van der Waals surface area contributed by atoms with Crippen LogP contribution in [0.25, 0.3) is 0 Å². The Hall–Kier alpha value is -3.37. The summed E-state index contributed by atoms with van der Waals surface area (Å²) in [7, 11) is 0. The Bertz CT molecular complexity index is 2650. The summed E-state index contributed by atoms with van der Waals surface area (Å²) in [5.74, 6) is 2.01. The van der Waals surface area contributed by atoms with Crippen LogP contribution in [-0.2, 0) is 5.41 Å². The van der Waals surface area contributed by atoms with Crippen LogP contribution in [0.3, 0.4) is 0 Å². The maximum atomic E-state index is 2.89. The van der Waals surface area contributed by atoms with Crippen LogP contribution in [0.15, 0.2) is 111 Å². The Labute approximate surface area is 400 Å². The molecule has 3 heterocycles. The maximum absolute atomic E-state index is 2.89. The van der Waals surface area contributed by atoms with E-state index in [1.807, 2.05) is 0 Å². The first kappa shape index (κ1) is 45.4. The Balaban J connectivity index is 1.30. The second-order valence-corrected chi connectivity index (χ2v) is 28.8. The molecule has 0 N–H and O–H groups in total. The van der Waals surface area contributed by atoms with Crippen molar-refractivity contribution in [2.75, 3.05) is 9.80 Å². The summed E-state index contributed by atoms with van der Waals surface area (Å²) in [5, 5.41) is 0. The predicted molar refractivity (Wildman–Crippen MR) is 284 cm³/mol. The van der Waals surface area contributed by atoms with Crippen molar-refractivity contribution < 1.29 is 0 Å². The summed E-state index contributed by atoms with van der Waals surface area (Å²) in [4.78, 5) is 7.20. The van der Waals surface area contributed by atoms with Gasteiger partial charge in [0.25, 0.3) is 6.71 Å².